The Kier molecular flexibility index (Phi) is 7.42. The van der Waals surface area contributed by atoms with E-state index in [1.165, 1.54) is 8.43 Å². The zero-order valence-corrected chi connectivity index (χ0v) is 26.5. The lowest BCUT2D eigenvalue weighted by molar-refractivity contribution is 0.378. The Hall–Kier alpha value is -3.80. The van der Waals surface area contributed by atoms with E-state index in [4.69, 9.17) is 0 Å². The number of benzene rings is 6. The highest BCUT2D eigenvalue weighted by Gasteiger charge is 2.60. The van der Waals surface area contributed by atoms with Crippen molar-refractivity contribution in [3.8, 4) is 0 Å². The maximum atomic E-state index is 14.9. The maximum Gasteiger partial charge on any atom is 0.420 e. The van der Waals surface area contributed by atoms with Gasteiger partial charge in [0.1, 0.15) is 0 Å². The Bertz CT molecular complexity index is 2050. The van der Waals surface area contributed by atoms with Crippen molar-refractivity contribution in [2.24, 2.45) is 0 Å². The highest BCUT2D eigenvalue weighted by atomic mass is 79.9. The van der Waals surface area contributed by atoms with Crippen molar-refractivity contribution in [3.63, 3.8) is 0 Å². The highest BCUT2D eigenvalue weighted by molar-refractivity contribution is 9.24. The van der Waals surface area contributed by atoms with Crippen molar-refractivity contribution in [1.82, 2.24) is 8.43 Å². The molecule has 0 unspecified atom stereocenters. The summed E-state index contributed by atoms with van der Waals surface area (Å²) in [5.41, 5.74) is 1.34. The van der Waals surface area contributed by atoms with Gasteiger partial charge in [-0.3, -0.25) is 0 Å². The standard InChI is InChI=1S/C34H26BBrN2O4S2/c36-35-37(43(39,40)31-23-11-19-25-13-7-9-21-29(25)31)33(27-15-3-1-4-16-27)34(28-17-5-2-6-18-28)38(35)44(41,42)32-24-12-20-26-14-8-10-22-30(26)32/h1-24,33-34H/t33-,34-/m1/s1. The van der Waals surface area contributed by atoms with Crippen molar-refractivity contribution >= 4 is 63.2 Å². The second kappa shape index (κ2) is 11.3. The van der Waals surface area contributed by atoms with E-state index in [-0.39, 0.29) is 9.79 Å². The third-order valence-electron chi connectivity index (χ3n) is 8.16. The number of halogens is 1. The van der Waals surface area contributed by atoms with Gasteiger partial charge in [-0.05, 0) is 34.0 Å². The molecule has 6 aromatic rings. The first kappa shape index (κ1) is 28.9. The lowest BCUT2D eigenvalue weighted by Gasteiger charge is -2.30. The topological polar surface area (TPSA) is 74.8 Å². The Morgan fingerprint density at radius 2 is 0.795 bits per heavy atom. The fourth-order valence-corrected chi connectivity index (χ4v) is 11.7. The molecule has 1 heterocycles. The number of sulfonamides is 2. The number of hydrogen-bond donors (Lipinski definition) is 0. The average Bonchev–Trinajstić information content (AvgIpc) is 3.39. The minimum atomic E-state index is -4.29. The van der Waals surface area contributed by atoms with Crippen LogP contribution in [0.1, 0.15) is 23.2 Å². The molecular weight excluding hydrogens is 655 g/mol. The van der Waals surface area contributed by atoms with Crippen LogP contribution in [-0.4, -0.2) is 31.1 Å². The molecule has 6 nitrogen and oxygen atoms in total. The Morgan fingerprint density at radius 3 is 1.20 bits per heavy atom. The smallest absolute Gasteiger partial charge is 0.208 e. The Labute approximate surface area is 265 Å². The van der Waals surface area contributed by atoms with Crippen LogP contribution in [-0.2, 0) is 20.0 Å². The van der Waals surface area contributed by atoms with Crippen LogP contribution < -0.4 is 0 Å². The fourth-order valence-electron chi connectivity index (χ4n) is 6.21. The summed E-state index contributed by atoms with van der Waals surface area (Å²) in [5.74, 6) is -1.24. The zero-order valence-electron chi connectivity index (χ0n) is 23.3. The van der Waals surface area contributed by atoms with Crippen molar-refractivity contribution in [2.75, 3.05) is 0 Å². The highest BCUT2D eigenvalue weighted by Crippen LogP contribution is 2.52. The van der Waals surface area contributed by atoms with Crippen LogP contribution in [0, 0.1) is 0 Å². The van der Waals surface area contributed by atoms with E-state index in [0.717, 1.165) is 10.8 Å². The lowest BCUT2D eigenvalue weighted by atomic mass is 9.95. The lowest BCUT2D eigenvalue weighted by Crippen LogP contribution is -2.45. The summed E-state index contributed by atoms with van der Waals surface area (Å²) >= 11 is 3.63. The molecule has 1 aliphatic heterocycles. The number of nitrogens with zero attached hydrogens (tertiary/aromatic N) is 2. The molecule has 0 spiro atoms. The number of fused-ring (bicyclic) bond motifs is 2. The molecule has 1 saturated heterocycles. The molecule has 1 fully saturated rings. The predicted molar refractivity (Wildman–Crippen MR) is 179 cm³/mol. The molecular formula is C34H26BBrN2O4S2. The van der Waals surface area contributed by atoms with Gasteiger partial charge in [0.25, 0.3) is 0 Å². The van der Waals surface area contributed by atoms with Gasteiger partial charge in [0.2, 0.25) is 20.0 Å². The van der Waals surface area contributed by atoms with Crippen LogP contribution in [0.3, 0.4) is 0 Å². The van der Waals surface area contributed by atoms with Gasteiger partial charge in [-0.1, -0.05) is 133 Å². The van der Waals surface area contributed by atoms with Crippen molar-refractivity contribution < 1.29 is 16.8 Å². The molecule has 0 amide bonds. The molecule has 0 N–H and O–H groups in total. The van der Waals surface area contributed by atoms with Gasteiger partial charge in [0, 0.05) is 10.8 Å². The molecule has 0 radical (unpaired) electrons. The summed E-state index contributed by atoms with van der Waals surface area (Å²) in [6.07, 6.45) is 0. The molecule has 0 bridgehead atoms. The summed E-state index contributed by atoms with van der Waals surface area (Å²) in [7, 11) is -8.58. The molecule has 0 saturated carbocycles. The van der Waals surface area contributed by atoms with E-state index in [2.05, 4.69) is 15.8 Å². The summed E-state index contributed by atoms with van der Waals surface area (Å²) in [4.78, 5) is 0.217. The molecule has 0 aromatic heterocycles. The van der Waals surface area contributed by atoms with E-state index < -0.39 is 37.9 Å². The Morgan fingerprint density at radius 1 is 0.455 bits per heavy atom. The van der Waals surface area contributed by atoms with E-state index in [9.17, 15) is 16.8 Å². The molecule has 0 aliphatic carbocycles. The van der Waals surface area contributed by atoms with Crippen molar-refractivity contribution in [2.45, 2.75) is 21.9 Å². The van der Waals surface area contributed by atoms with Gasteiger partial charge >= 0.3 is 5.81 Å². The van der Waals surface area contributed by atoms with E-state index in [1.807, 2.05) is 97.1 Å². The second-order valence-corrected chi connectivity index (χ2v) is 15.1. The third-order valence-corrected chi connectivity index (χ3v) is 13.4. The summed E-state index contributed by atoms with van der Waals surface area (Å²) < 4.78 is 62.3. The SMILES string of the molecule is O=S(=O)(c1cccc2ccccc12)N1B(Br)N(S(=O)(=O)c2cccc3ccccc23)[C@H](c2ccccc2)[C@H]1c1ccccc1. The van der Waals surface area contributed by atoms with Gasteiger partial charge in [0.15, 0.2) is 0 Å². The second-order valence-electron chi connectivity index (χ2n) is 10.6. The van der Waals surface area contributed by atoms with Crippen molar-refractivity contribution in [3.05, 3.63) is 157 Å². The molecule has 2 atom stereocenters. The predicted octanol–water partition coefficient (Wildman–Crippen LogP) is 7.55. The van der Waals surface area contributed by atoms with Crippen LogP contribution in [0.4, 0.5) is 0 Å². The average molecular weight is 681 g/mol. The summed E-state index contributed by atoms with van der Waals surface area (Å²) in [6.45, 7) is 0. The first-order chi connectivity index (χ1) is 21.3. The van der Waals surface area contributed by atoms with Gasteiger partial charge in [-0.2, -0.15) is 8.43 Å². The van der Waals surface area contributed by atoms with E-state index in [1.54, 1.807) is 48.5 Å². The third kappa shape index (κ3) is 4.69. The zero-order chi connectivity index (χ0) is 30.5. The molecule has 10 heteroatoms. The van der Waals surface area contributed by atoms with Crippen LogP contribution in [0.5, 0.6) is 0 Å². The maximum absolute atomic E-state index is 14.9. The summed E-state index contributed by atoms with van der Waals surface area (Å²) in [6, 6.07) is 41.6. The summed E-state index contributed by atoms with van der Waals surface area (Å²) in [5, 5.41) is 2.67. The monoisotopic (exact) mass is 680 g/mol. The van der Waals surface area contributed by atoms with Crippen LogP contribution in [0.25, 0.3) is 21.5 Å². The van der Waals surface area contributed by atoms with Crippen LogP contribution in [0.2, 0.25) is 0 Å². The largest absolute Gasteiger partial charge is 0.420 e. The minimum absolute atomic E-state index is 0.109. The molecule has 218 valence electrons. The fraction of sp³-hybridized carbons (Fsp3) is 0.0588. The first-order valence-electron chi connectivity index (χ1n) is 14.1. The van der Waals surface area contributed by atoms with Crippen LogP contribution >= 0.6 is 15.8 Å². The number of hydrogen-bond acceptors (Lipinski definition) is 4. The van der Waals surface area contributed by atoms with Gasteiger partial charge < -0.3 is 0 Å². The van der Waals surface area contributed by atoms with Gasteiger partial charge in [-0.15, -0.1) is 15.8 Å². The molecule has 6 aromatic carbocycles. The quantitative estimate of drug-likeness (QED) is 0.170. The van der Waals surface area contributed by atoms with Crippen molar-refractivity contribution in [1.29, 1.82) is 0 Å². The van der Waals surface area contributed by atoms with Crippen LogP contribution in [0.15, 0.2) is 155 Å². The molecule has 7 rings (SSSR count). The minimum Gasteiger partial charge on any atom is -0.208 e. The Balaban J connectivity index is 1.51. The molecule has 44 heavy (non-hydrogen) atoms. The number of rotatable bonds is 6. The normalized spacial score (nSPS) is 18.2. The molecule has 1 aliphatic rings. The van der Waals surface area contributed by atoms with E-state index in [0.29, 0.717) is 21.9 Å². The van der Waals surface area contributed by atoms with Gasteiger partial charge in [0.05, 0.1) is 21.9 Å². The van der Waals surface area contributed by atoms with E-state index >= 15 is 0 Å². The van der Waals surface area contributed by atoms with Gasteiger partial charge in [-0.25, -0.2) is 16.8 Å². The first-order valence-corrected chi connectivity index (χ1v) is 17.9.